The Hall–Kier alpha value is -2.09. The number of nitrogens with one attached hydrogen (secondary N) is 1. The van der Waals surface area contributed by atoms with Gasteiger partial charge in [0.15, 0.2) is 5.17 Å². The molecule has 2 N–H and O–H groups in total. The maximum absolute atomic E-state index is 11.1. The van der Waals surface area contributed by atoms with Gasteiger partial charge in [0.05, 0.1) is 12.8 Å². The number of nitrogens with zero attached hydrogens (tertiary/aromatic N) is 2. The minimum absolute atomic E-state index is 0.00550. The normalized spacial score (nSPS) is 17.7. The molecule has 1 aliphatic rings. The van der Waals surface area contributed by atoms with E-state index in [1.807, 2.05) is 0 Å². The number of amides is 1. The Bertz CT molecular complexity index is 547. The third kappa shape index (κ3) is 3.02. The third-order valence-electron chi connectivity index (χ3n) is 2.47. The van der Waals surface area contributed by atoms with Gasteiger partial charge in [0, 0.05) is 17.0 Å². The number of rotatable bonds is 3. The predicted octanol–water partition coefficient (Wildman–Crippen LogP) is 1.58. The van der Waals surface area contributed by atoms with Gasteiger partial charge in [-0.2, -0.15) is 0 Å². The first-order chi connectivity index (χ1) is 9.13. The van der Waals surface area contributed by atoms with Crippen molar-refractivity contribution in [1.29, 1.82) is 0 Å². The Morgan fingerprint density at radius 2 is 2.42 bits per heavy atom. The summed E-state index contributed by atoms with van der Waals surface area (Å²) in [4.78, 5) is 25.2. The number of phenolic OH excluding ortho intramolecular Hbond substituents is 1. The van der Waals surface area contributed by atoms with Crippen LogP contribution in [0.4, 0.5) is 5.69 Å². The highest BCUT2D eigenvalue weighted by molar-refractivity contribution is 8.14. The van der Waals surface area contributed by atoms with Crippen LogP contribution in [0, 0.1) is 4.91 Å². The van der Waals surface area contributed by atoms with Crippen LogP contribution in [0.3, 0.4) is 0 Å². The molecule has 0 saturated carbocycles. The number of ether oxygens (including phenoxy) is 1. The summed E-state index contributed by atoms with van der Waals surface area (Å²) in [5.74, 6) is 0.112. The van der Waals surface area contributed by atoms with Crippen molar-refractivity contribution in [1.82, 2.24) is 0 Å². The van der Waals surface area contributed by atoms with Gasteiger partial charge in [-0.15, -0.1) is 4.91 Å². The lowest BCUT2D eigenvalue weighted by atomic mass is 10.3. The second kappa shape index (κ2) is 5.70. The van der Waals surface area contributed by atoms with Crippen LogP contribution in [0.1, 0.15) is 0 Å². The molecule has 1 aliphatic heterocycles. The van der Waals surface area contributed by atoms with Crippen molar-refractivity contribution < 1.29 is 14.6 Å². The van der Waals surface area contributed by atoms with Gasteiger partial charge in [0.1, 0.15) is 17.5 Å². The molecule has 0 unspecified atom stereocenters. The van der Waals surface area contributed by atoms with Crippen molar-refractivity contribution in [2.75, 3.05) is 18.2 Å². The molecule has 1 heterocycles. The number of aliphatic imine (C=N–C) groups is 1. The highest BCUT2D eigenvalue weighted by Crippen LogP contribution is 2.30. The number of anilines is 1. The summed E-state index contributed by atoms with van der Waals surface area (Å²) >= 11 is 1.28. The summed E-state index contributed by atoms with van der Waals surface area (Å²) in [5.41, 5.74) is 0.444. The van der Waals surface area contributed by atoms with Gasteiger partial charge >= 0.3 is 5.91 Å². The summed E-state index contributed by atoms with van der Waals surface area (Å²) in [6.07, 6.45) is 0. The van der Waals surface area contributed by atoms with Gasteiger partial charge in [-0.05, 0) is 12.1 Å². The number of benzene rings is 1. The number of amidine groups is 1. The molecule has 0 saturated heterocycles. The SMILES string of the molecule is COc1ccc(NC2=N[C@H](C(=O)N=O)CS2)c(O)c1. The van der Waals surface area contributed by atoms with Gasteiger partial charge in [-0.25, -0.2) is 4.99 Å². The molecular formula is C11H11N3O4S. The van der Waals surface area contributed by atoms with Crippen LogP contribution in [-0.4, -0.2) is 35.1 Å². The molecule has 1 aromatic carbocycles. The molecule has 0 aliphatic carbocycles. The fourth-order valence-electron chi connectivity index (χ4n) is 1.49. The Balaban J connectivity index is 2.10. The van der Waals surface area contributed by atoms with E-state index in [0.29, 0.717) is 22.4 Å². The number of nitroso groups, excluding NO2 is 1. The van der Waals surface area contributed by atoms with E-state index in [1.165, 1.54) is 24.9 Å². The van der Waals surface area contributed by atoms with Crippen LogP contribution in [0.15, 0.2) is 28.4 Å². The smallest absolute Gasteiger partial charge is 0.311 e. The largest absolute Gasteiger partial charge is 0.506 e. The molecule has 1 amide bonds. The molecule has 1 atom stereocenters. The van der Waals surface area contributed by atoms with Crippen molar-refractivity contribution in [2.45, 2.75) is 6.04 Å². The Morgan fingerprint density at radius 1 is 1.63 bits per heavy atom. The van der Waals surface area contributed by atoms with Gasteiger partial charge in [-0.3, -0.25) is 4.79 Å². The number of hydrogen-bond donors (Lipinski definition) is 2. The molecule has 2 rings (SSSR count). The van der Waals surface area contributed by atoms with E-state index >= 15 is 0 Å². The number of aromatic hydroxyl groups is 1. The first-order valence-electron chi connectivity index (χ1n) is 5.36. The first-order valence-corrected chi connectivity index (χ1v) is 6.34. The summed E-state index contributed by atoms with van der Waals surface area (Å²) in [7, 11) is 1.50. The first kappa shape index (κ1) is 13.3. The van der Waals surface area contributed by atoms with Crippen molar-refractivity contribution in [2.24, 2.45) is 10.2 Å². The molecular weight excluding hydrogens is 270 g/mol. The lowest BCUT2D eigenvalue weighted by Crippen LogP contribution is -2.15. The molecule has 0 aromatic heterocycles. The summed E-state index contributed by atoms with van der Waals surface area (Å²) < 4.78 is 4.97. The van der Waals surface area contributed by atoms with E-state index < -0.39 is 11.9 Å². The zero-order valence-corrected chi connectivity index (χ0v) is 10.8. The maximum Gasteiger partial charge on any atom is 0.311 e. The van der Waals surface area contributed by atoms with E-state index in [0.717, 1.165) is 0 Å². The second-order valence-corrected chi connectivity index (χ2v) is 4.71. The minimum atomic E-state index is -0.789. The van der Waals surface area contributed by atoms with E-state index in [2.05, 4.69) is 15.5 Å². The lowest BCUT2D eigenvalue weighted by molar-refractivity contribution is -0.118. The van der Waals surface area contributed by atoms with Gasteiger partial charge in [-0.1, -0.05) is 11.8 Å². The number of hydrogen-bond acceptors (Lipinski definition) is 7. The van der Waals surface area contributed by atoms with E-state index in [4.69, 9.17) is 4.74 Å². The number of phenols is 1. The maximum atomic E-state index is 11.1. The second-order valence-electron chi connectivity index (χ2n) is 3.70. The lowest BCUT2D eigenvalue weighted by Gasteiger charge is -2.08. The zero-order chi connectivity index (χ0) is 13.8. The van der Waals surface area contributed by atoms with Crippen LogP contribution < -0.4 is 10.1 Å². The van der Waals surface area contributed by atoms with E-state index in [1.54, 1.807) is 12.1 Å². The van der Waals surface area contributed by atoms with Crippen LogP contribution in [0.25, 0.3) is 0 Å². The van der Waals surface area contributed by atoms with Crippen LogP contribution >= 0.6 is 11.8 Å². The molecule has 0 fully saturated rings. The van der Waals surface area contributed by atoms with E-state index in [9.17, 15) is 14.8 Å². The quantitative estimate of drug-likeness (QED) is 0.644. The molecule has 0 radical (unpaired) electrons. The molecule has 0 bridgehead atoms. The van der Waals surface area contributed by atoms with Crippen molar-refractivity contribution >= 4 is 28.5 Å². The van der Waals surface area contributed by atoms with Crippen molar-refractivity contribution in [3.8, 4) is 11.5 Å². The van der Waals surface area contributed by atoms with Gasteiger partial charge in [0.2, 0.25) is 0 Å². The predicted molar refractivity (Wildman–Crippen MR) is 72.8 cm³/mol. The molecule has 19 heavy (non-hydrogen) atoms. The molecule has 0 spiro atoms. The number of methoxy groups -OCH3 is 1. The van der Waals surface area contributed by atoms with Crippen molar-refractivity contribution in [3.63, 3.8) is 0 Å². The minimum Gasteiger partial charge on any atom is -0.506 e. The summed E-state index contributed by atoms with van der Waals surface area (Å²) in [5, 5.41) is 15.5. The molecule has 8 heteroatoms. The monoisotopic (exact) mass is 281 g/mol. The van der Waals surface area contributed by atoms with Crippen LogP contribution in [-0.2, 0) is 4.79 Å². The van der Waals surface area contributed by atoms with Crippen LogP contribution in [0.2, 0.25) is 0 Å². The van der Waals surface area contributed by atoms with Gasteiger partial charge < -0.3 is 15.2 Å². The fraction of sp³-hybridized carbons (Fsp3) is 0.273. The highest BCUT2D eigenvalue weighted by atomic mass is 32.2. The van der Waals surface area contributed by atoms with E-state index in [-0.39, 0.29) is 5.75 Å². The molecule has 7 nitrogen and oxygen atoms in total. The Morgan fingerprint density at radius 3 is 3.05 bits per heavy atom. The molecule has 1 aromatic rings. The number of thioether (sulfide) groups is 1. The van der Waals surface area contributed by atoms with Gasteiger partial charge in [0.25, 0.3) is 0 Å². The van der Waals surface area contributed by atoms with Crippen LogP contribution in [0.5, 0.6) is 11.5 Å². The molecule has 100 valence electrons. The number of carbonyl (C=O) groups excluding carboxylic acids is 1. The average molecular weight is 281 g/mol. The summed E-state index contributed by atoms with van der Waals surface area (Å²) in [6, 6.07) is 4.02. The Labute approximate surface area is 113 Å². The number of carbonyl (C=O) groups is 1. The Kier molecular flexibility index (Phi) is 4.00. The zero-order valence-electron chi connectivity index (χ0n) is 9.99. The fourth-order valence-corrected chi connectivity index (χ4v) is 2.41. The summed E-state index contributed by atoms with van der Waals surface area (Å²) in [6.45, 7) is 0. The van der Waals surface area contributed by atoms with Crippen molar-refractivity contribution in [3.05, 3.63) is 23.1 Å². The third-order valence-corrected chi connectivity index (χ3v) is 3.44. The highest BCUT2D eigenvalue weighted by Gasteiger charge is 2.26. The standard InChI is InChI=1S/C11H11N3O4S/c1-18-6-2-3-7(9(15)4-6)12-11-13-8(5-19-11)10(16)14-17/h2-4,8,15H,5H2,1H3,(H,12,13)/t8-/m0/s1. The topological polar surface area (TPSA) is 100 Å². The average Bonchev–Trinajstić information content (AvgIpc) is 2.88.